The number of para-hydroxylation sites is 2. The first-order valence-electron chi connectivity index (χ1n) is 9.15. The van der Waals surface area contributed by atoms with Crippen molar-refractivity contribution in [1.29, 1.82) is 0 Å². The fourth-order valence-corrected chi connectivity index (χ4v) is 3.11. The summed E-state index contributed by atoms with van der Waals surface area (Å²) in [6.07, 6.45) is 3.15. The Kier molecular flexibility index (Phi) is 10.3. The van der Waals surface area contributed by atoms with Crippen LogP contribution in [-0.2, 0) is 9.59 Å². The largest absolute Gasteiger partial charge is 0.486 e. The van der Waals surface area contributed by atoms with E-state index >= 15 is 0 Å². The highest BCUT2D eigenvalue weighted by molar-refractivity contribution is 5.85. The van der Waals surface area contributed by atoms with Gasteiger partial charge in [0.25, 0.3) is 0 Å². The summed E-state index contributed by atoms with van der Waals surface area (Å²) in [5.41, 5.74) is 5.24. The molecule has 0 aliphatic carbocycles. The summed E-state index contributed by atoms with van der Waals surface area (Å²) in [6, 6.07) is 6.04. The molecule has 0 aromatic heterocycles. The minimum Gasteiger partial charge on any atom is -0.486 e. The van der Waals surface area contributed by atoms with Crippen molar-refractivity contribution >= 4 is 29.9 Å². The third-order valence-corrected chi connectivity index (χ3v) is 4.49. The molecule has 9 nitrogen and oxygen atoms in total. The molecule has 2 rings (SSSR count). The lowest BCUT2D eigenvalue weighted by atomic mass is 10.0. The molecular formula is C18H27ClN4O5. The minimum absolute atomic E-state index is 0. The summed E-state index contributed by atoms with van der Waals surface area (Å²) >= 11 is 0. The zero-order valence-corrected chi connectivity index (χ0v) is 16.5. The normalized spacial score (nSPS) is 16.0. The van der Waals surface area contributed by atoms with Crippen LogP contribution in [0.15, 0.2) is 24.3 Å². The van der Waals surface area contributed by atoms with Crippen molar-refractivity contribution in [3.8, 4) is 5.75 Å². The molecular weight excluding hydrogens is 388 g/mol. The Balaban J connectivity index is 0.00000392. The molecule has 156 valence electrons. The number of nitro groups is 1. The molecule has 1 aromatic rings. The average Bonchev–Trinajstić information content (AvgIpc) is 2.67. The van der Waals surface area contributed by atoms with Gasteiger partial charge in [0.05, 0.1) is 18.0 Å². The van der Waals surface area contributed by atoms with E-state index in [4.69, 9.17) is 10.5 Å². The number of nitro benzene ring substituents is 1. The number of nitrogens with two attached hydrogens (primary N) is 1. The number of piperidine rings is 1. The molecule has 1 aliphatic rings. The molecule has 1 heterocycles. The first kappa shape index (κ1) is 23.6. The van der Waals surface area contributed by atoms with Crippen LogP contribution in [0.25, 0.3) is 0 Å². The molecule has 10 heteroatoms. The van der Waals surface area contributed by atoms with E-state index in [1.807, 2.05) is 0 Å². The van der Waals surface area contributed by atoms with Crippen molar-refractivity contribution in [2.75, 3.05) is 26.2 Å². The topological polar surface area (TPSA) is 128 Å². The Bertz CT molecular complexity index is 673. The number of rotatable bonds is 9. The van der Waals surface area contributed by atoms with Crippen molar-refractivity contribution < 1.29 is 19.2 Å². The maximum atomic E-state index is 12.6. The summed E-state index contributed by atoms with van der Waals surface area (Å²) in [4.78, 5) is 36.4. The lowest BCUT2D eigenvalue weighted by Crippen LogP contribution is -2.49. The number of nitrogens with zero attached hydrogens (tertiary/aromatic N) is 2. The van der Waals surface area contributed by atoms with Crippen LogP contribution >= 0.6 is 12.4 Å². The molecule has 28 heavy (non-hydrogen) atoms. The molecule has 0 saturated carbocycles. The van der Waals surface area contributed by atoms with Crippen LogP contribution < -0.4 is 15.8 Å². The van der Waals surface area contributed by atoms with E-state index < -0.39 is 4.92 Å². The van der Waals surface area contributed by atoms with Gasteiger partial charge < -0.3 is 20.7 Å². The Morgan fingerprint density at radius 3 is 2.75 bits per heavy atom. The van der Waals surface area contributed by atoms with Gasteiger partial charge in [0.2, 0.25) is 11.8 Å². The second-order valence-electron chi connectivity index (χ2n) is 6.40. The quantitative estimate of drug-likeness (QED) is 0.467. The highest BCUT2D eigenvalue weighted by atomic mass is 35.5. The standard InChI is InChI=1S/C18H26N4O5.ClH/c19-10-8-17(23)20-13-14-5-3-4-11-21(14)18(24)9-12-27-16-7-2-1-6-15(16)22(25)26;/h1-2,6-7,14H,3-5,8-13,19H2,(H,20,23);1H. The molecule has 1 saturated heterocycles. The number of carbonyl (C=O) groups excluding carboxylic acids is 2. The van der Waals surface area contributed by atoms with Gasteiger partial charge >= 0.3 is 5.69 Å². The smallest absolute Gasteiger partial charge is 0.310 e. The van der Waals surface area contributed by atoms with Gasteiger partial charge in [-0.1, -0.05) is 12.1 Å². The first-order valence-corrected chi connectivity index (χ1v) is 9.15. The third-order valence-electron chi connectivity index (χ3n) is 4.49. The number of nitrogens with one attached hydrogen (secondary N) is 1. The molecule has 1 atom stereocenters. The van der Waals surface area contributed by atoms with Gasteiger partial charge in [0.1, 0.15) is 0 Å². The molecule has 0 spiro atoms. The number of halogens is 1. The monoisotopic (exact) mass is 414 g/mol. The predicted octanol–water partition coefficient (Wildman–Crippen LogP) is 1.63. The second kappa shape index (κ2) is 12.1. The Labute approximate surface area is 170 Å². The number of benzene rings is 1. The number of amides is 2. The van der Waals surface area contributed by atoms with Crippen molar-refractivity contribution in [2.45, 2.75) is 38.1 Å². The van der Waals surface area contributed by atoms with E-state index in [9.17, 15) is 19.7 Å². The molecule has 1 fully saturated rings. The van der Waals surface area contributed by atoms with E-state index in [2.05, 4.69) is 5.32 Å². The summed E-state index contributed by atoms with van der Waals surface area (Å²) in [5, 5.41) is 13.8. The maximum absolute atomic E-state index is 12.6. The number of hydrogen-bond donors (Lipinski definition) is 2. The molecule has 1 aromatic carbocycles. The lowest BCUT2D eigenvalue weighted by molar-refractivity contribution is -0.385. The van der Waals surface area contributed by atoms with Gasteiger partial charge in [-0.15, -0.1) is 12.4 Å². The van der Waals surface area contributed by atoms with Crippen molar-refractivity contribution in [1.82, 2.24) is 10.2 Å². The highest BCUT2D eigenvalue weighted by Gasteiger charge is 2.27. The van der Waals surface area contributed by atoms with E-state index in [1.54, 1.807) is 17.0 Å². The molecule has 3 N–H and O–H groups in total. The number of hydrogen-bond acceptors (Lipinski definition) is 6. The SMILES string of the molecule is Cl.NCCC(=O)NCC1CCCCN1C(=O)CCOc1ccccc1[N+](=O)[O-]. The number of carbonyl (C=O) groups is 2. The van der Waals surface area contributed by atoms with Gasteiger partial charge in [-0.3, -0.25) is 19.7 Å². The van der Waals surface area contributed by atoms with Crippen molar-refractivity contribution in [3.63, 3.8) is 0 Å². The Morgan fingerprint density at radius 2 is 2.04 bits per heavy atom. The van der Waals surface area contributed by atoms with E-state index in [0.29, 0.717) is 19.6 Å². The Hall–Kier alpha value is -2.39. The van der Waals surface area contributed by atoms with Crippen LogP contribution in [-0.4, -0.2) is 53.9 Å². The first-order chi connectivity index (χ1) is 13.0. The molecule has 0 bridgehead atoms. The van der Waals surface area contributed by atoms with Crippen LogP contribution in [0.3, 0.4) is 0 Å². The van der Waals surface area contributed by atoms with Crippen LogP contribution in [0.1, 0.15) is 32.1 Å². The van der Waals surface area contributed by atoms with E-state index in [-0.39, 0.29) is 61.1 Å². The van der Waals surface area contributed by atoms with Crippen LogP contribution in [0.2, 0.25) is 0 Å². The summed E-state index contributed by atoms with van der Waals surface area (Å²) < 4.78 is 5.45. The van der Waals surface area contributed by atoms with Gasteiger partial charge in [0.15, 0.2) is 5.75 Å². The van der Waals surface area contributed by atoms with E-state index in [0.717, 1.165) is 19.3 Å². The number of ether oxygens (including phenoxy) is 1. The van der Waals surface area contributed by atoms with Crippen LogP contribution in [0.4, 0.5) is 5.69 Å². The third kappa shape index (κ3) is 6.97. The molecule has 0 radical (unpaired) electrons. The predicted molar refractivity (Wildman–Crippen MR) is 106 cm³/mol. The fraction of sp³-hybridized carbons (Fsp3) is 0.556. The van der Waals surface area contributed by atoms with Crippen LogP contribution in [0.5, 0.6) is 5.75 Å². The molecule has 1 unspecified atom stereocenters. The van der Waals surface area contributed by atoms with Crippen molar-refractivity contribution in [3.05, 3.63) is 34.4 Å². The summed E-state index contributed by atoms with van der Waals surface area (Å²) in [7, 11) is 0. The van der Waals surface area contributed by atoms with Gasteiger partial charge in [0, 0.05) is 38.2 Å². The second-order valence-corrected chi connectivity index (χ2v) is 6.40. The van der Waals surface area contributed by atoms with Crippen molar-refractivity contribution in [2.24, 2.45) is 5.73 Å². The Morgan fingerprint density at radius 1 is 1.29 bits per heavy atom. The summed E-state index contributed by atoms with van der Waals surface area (Å²) in [6.45, 7) is 1.41. The fourth-order valence-electron chi connectivity index (χ4n) is 3.11. The zero-order valence-electron chi connectivity index (χ0n) is 15.7. The zero-order chi connectivity index (χ0) is 19.6. The number of likely N-dealkylation sites (tertiary alicyclic amines) is 1. The molecule has 2 amide bonds. The van der Waals surface area contributed by atoms with Gasteiger partial charge in [-0.25, -0.2) is 0 Å². The van der Waals surface area contributed by atoms with Crippen LogP contribution in [0, 0.1) is 10.1 Å². The highest BCUT2D eigenvalue weighted by Crippen LogP contribution is 2.26. The lowest BCUT2D eigenvalue weighted by Gasteiger charge is -2.36. The van der Waals surface area contributed by atoms with E-state index in [1.165, 1.54) is 12.1 Å². The van der Waals surface area contributed by atoms with Gasteiger partial charge in [-0.05, 0) is 25.3 Å². The van der Waals surface area contributed by atoms with Gasteiger partial charge in [-0.2, -0.15) is 0 Å². The molecule has 1 aliphatic heterocycles. The summed E-state index contributed by atoms with van der Waals surface area (Å²) in [5.74, 6) is -0.0407. The maximum Gasteiger partial charge on any atom is 0.310 e. The average molecular weight is 415 g/mol. The minimum atomic E-state index is -0.512.